The van der Waals surface area contributed by atoms with E-state index in [2.05, 4.69) is 42.7 Å². The maximum atomic E-state index is 12.4. The molecule has 0 heterocycles. The summed E-state index contributed by atoms with van der Waals surface area (Å²) in [5.74, 6) is -0.885. The predicted octanol–water partition coefficient (Wildman–Crippen LogP) is 12.8. The Hall–Kier alpha value is -1.47. The van der Waals surface area contributed by atoms with Gasteiger partial charge in [0.15, 0.2) is 6.10 Å². The molecular weight excluding hydrogens is 663 g/mol. The van der Waals surface area contributed by atoms with Crippen LogP contribution in [0.1, 0.15) is 213 Å². The Balaban J connectivity index is 3.90. The van der Waals surface area contributed by atoms with Gasteiger partial charge in [-0.25, -0.2) is 4.57 Å². The highest BCUT2D eigenvalue weighted by molar-refractivity contribution is 7.46. The smallest absolute Gasteiger partial charge is 0.462 e. The SMILES string of the molecule is CCCCC/C=C/C/C=C/CCCCCCCCCC(=O)OC[C@H](COP(=O)(O)O)OC(=O)CCCCCCCCCCCCCCCCCC. The lowest BCUT2D eigenvalue weighted by Crippen LogP contribution is -2.29. The highest BCUT2D eigenvalue weighted by atomic mass is 31.2. The van der Waals surface area contributed by atoms with Crippen molar-refractivity contribution in [2.45, 2.75) is 219 Å². The quantitative estimate of drug-likeness (QED) is 0.0276. The van der Waals surface area contributed by atoms with Crippen molar-refractivity contribution in [1.29, 1.82) is 0 Å². The van der Waals surface area contributed by atoms with Gasteiger partial charge in [0.05, 0.1) is 6.61 Å². The minimum atomic E-state index is -4.75. The van der Waals surface area contributed by atoms with E-state index < -0.39 is 32.5 Å². The monoisotopic (exact) mass is 743 g/mol. The van der Waals surface area contributed by atoms with Crippen LogP contribution in [0.2, 0.25) is 0 Å². The van der Waals surface area contributed by atoms with Crippen LogP contribution < -0.4 is 0 Å². The Bertz CT molecular complexity index is 884. The number of rotatable bonds is 39. The molecule has 0 saturated heterocycles. The van der Waals surface area contributed by atoms with E-state index in [1.165, 1.54) is 122 Å². The van der Waals surface area contributed by atoms with Gasteiger partial charge in [0.1, 0.15) is 6.61 Å². The Morgan fingerprint density at radius 3 is 1.33 bits per heavy atom. The first kappa shape index (κ1) is 49.5. The van der Waals surface area contributed by atoms with Crippen LogP contribution in [0.4, 0.5) is 0 Å². The van der Waals surface area contributed by atoms with Gasteiger partial charge in [0, 0.05) is 12.8 Å². The molecule has 0 amide bonds. The van der Waals surface area contributed by atoms with Crippen LogP contribution in [0.25, 0.3) is 0 Å². The molecule has 0 fully saturated rings. The molecule has 8 nitrogen and oxygen atoms in total. The first-order chi connectivity index (χ1) is 24.8. The molecule has 0 unspecified atom stereocenters. The van der Waals surface area contributed by atoms with Gasteiger partial charge < -0.3 is 19.3 Å². The van der Waals surface area contributed by atoms with Gasteiger partial charge in [-0.15, -0.1) is 0 Å². The highest BCUT2D eigenvalue weighted by Crippen LogP contribution is 2.36. The summed E-state index contributed by atoms with van der Waals surface area (Å²) in [6.07, 6.45) is 43.2. The Morgan fingerprint density at radius 2 is 0.882 bits per heavy atom. The van der Waals surface area contributed by atoms with E-state index in [1.54, 1.807) is 0 Å². The number of hydrogen-bond acceptors (Lipinski definition) is 6. The van der Waals surface area contributed by atoms with E-state index in [4.69, 9.17) is 19.3 Å². The number of phosphoric ester groups is 1. The van der Waals surface area contributed by atoms with Crippen molar-refractivity contribution in [3.05, 3.63) is 24.3 Å². The van der Waals surface area contributed by atoms with Crippen molar-refractivity contribution in [1.82, 2.24) is 0 Å². The number of carbonyl (C=O) groups excluding carboxylic acids is 2. The van der Waals surface area contributed by atoms with E-state index in [9.17, 15) is 14.2 Å². The van der Waals surface area contributed by atoms with Gasteiger partial charge in [-0.3, -0.25) is 14.1 Å². The second-order valence-corrected chi connectivity index (χ2v) is 15.6. The maximum Gasteiger partial charge on any atom is 0.469 e. The highest BCUT2D eigenvalue weighted by Gasteiger charge is 2.22. The Morgan fingerprint density at radius 1 is 0.510 bits per heavy atom. The average molecular weight is 743 g/mol. The fourth-order valence-electron chi connectivity index (χ4n) is 6.05. The molecule has 1 atom stereocenters. The van der Waals surface area contributed by atoms with Gasteiger partial charge >= 0.3 is 19.8 Å². The zero-order valence-corrected chi connectivity index (χ0v) is 33.9. The third kappa shape index (κ3) is 41.2. The van der Waals surface area contributed by atoms with Crippen LogP contribution >= 0.6 is 7.82 Å². The second-order valence-electron chi connectivity index (χ2n) is 14.3. The molecule has 300 valence electrons. The summed E-state index contributed by atoms with van der Waals surface area (Å²) < 4.78 is 26.4. The summed E-state index contributed by atoms with van der Waals surface area (Å²) in [7, 11) is -4.75. The summed E-state index contributed by atoms with van der Waals surface area (Å²) in [6, 6.07) is 0. The molecule has 0 aliphatic carbocycles. The third-order valence-electron chi connectivity index (χ3n) is 9.22. The first-order valence-electron chi connectivity index (χ1n) is 21.1. The number of phosphoric acid groups is 1. The fourth-order valence-corrected chi connectivity index (χ4v) is 6.41. The van der Waals surface area contributed by atoms with Crippen LogP contribution in [0.3, 0.4) is 0 Å². The van der Waals surface area contributed by atoms with Crippen LogP contribution in [-0.4, -0.2) is 41.0 Å². The van der Waals surface area contributed by atoms with Crippen molar-refractivity contribution in [2.24, 2.45) is 0 Å². The van der Waals surface area contributed by atoms with Gasteiger partial charge in [0.2, 0.25) is 0 Å². The Kier molecular flexibility index (Phi) is 37.2. The van der Waals surface area contributed by atoms with Gasteiger partial charge in [-0.05, 0) is 44.9 Å². The molecule has 0 radical (unpaired) electrons. The van der Waals surface area contributed by atoms with Crippen molar-refractivity contribution in [2.75, 3.05) is 13.2 Å². The molecule has 0 aliphatic heterocycles. The maximum absolute atomic E-state index is 12.4. The topological polar surface area (TPSA) is 119 Å². The lowest BCUT2D eigenvalue weighted by molar-refractivity contribution is -0.161. The molecule has 0 aromatic carbocycles. The van der Waals surface area contributed by atoms with Crippen molar-refractivity contribution < 1.29 is 37.9 Å². The van der Waals surface area contributed by atoms with Gasteiger partial charge in [-0.2, -0.15) is 0 Å². The summed E-state index contributed by atoms with van der Waals surface area (Å²) >= 11 is 0. The predicted molar refractivity (Wildman–Crippen MR) is 212 cm³/mol. The molecule has 51 heavy (non-hydrogen) atoms. The van der Waals surface area contributed by atoms with E-state index in [-0.39, 0.29) is 19.4 Å². The molecule has 0 bridgehead atoms. The average Bonchev–Trinajstić information content (AvgIpc) is 3.10. The molecule has 0 spiro atoms. The van der Waals surface area contributed by atoms with Crippen molar-refractivity contribution in [3.63, 3.8) is 0 Å². The second kappa shape index (κ2) is 38.3. The molecule has 2 N–H and O–H groups in total. The minimum absolute atomic E-state index is 0.215. The van der Waals surface area contributed by atoms with Crippen molar-refractivity contribution >= 4 is 19.8 Å². The number of carbonyl (C=O) groups is 2. The van der Waals surface area contributed by atoms with Crippen LogP contribution in [-0.2, 0) is 28.2 Å². The molecular formula is C42H79O8P. The largest absolute Gasteiger partial charge is 0.469 e. The van der Waals surface area contributed by atoms with Gasteiger partial charge in [0.25, 0.3) is 0 Å². The van der Waals surface area contributed by atoms with Crippen LogP contribution in [0, 0.1) is 0 Å². The van der Waals surface area contributed by atoms with Gasteiger partial charge in [-0.1, -0.05) is 179 Å². The number of hydrogen-bond donors (Lipinski definition) is 2. The zero-order valence-electron chi connectivity index (χ0n) is 33.0. The van der Waals surface area contributed by atoms with Crippen molar-refractivity contribution in [3.8, 4) is 0 Å². The van der Waals surface area contributed by atoms with E-state index in [0.29, 0.717) is 6.42 Å². The van der Waals surface area contributed by atoms with Crippen LogP contribution in [0.5, 0.6) is 0 Å². The molecule has 9 heteroatoms. The zero-order chi connectivity index (χ0) is 37.5. The molecule has 0 aliphatic rings. The number of allylic oxidation sites excluding steroid dienone is 4. The summed E-state index contributed by atoms with van der Waals surface area (Å²) in [5, 5.41) is 0. The minimum Gasteiger partial charge on any atom is -0.462 e. The lowest BCUT2D eigenvalue weighted by Gasteiger charge is -2.18. The lowest BCUT2D eigenvalue weighted by atomic mass is 10.0. The Labute approximate surface area is 313 Å². The summed E-state index contributed by atoms with van der Waals surface area (Å²) in [6.45, 7) is 3.67. The normalized spacial score (nSPS) is 12.6. The third-order valence-corrected chi connectivity index (χ3v) is 9.71. The van der Waals surface area contributed by atoms with E-state index in [0.717, 1.165) is 57.8 Å². The number of esters is 2. The van der Waals surface area contributed by atoms with E-state index in [1.807, 2.05) is 0 Å². The standard InChI is InChI=1S/C42H79O8P/c1-3-5-7-9-11-13-15-17-19-21-23-24-26-28-30-32-34-36-41(43)48-38-40(39-49-51(45,46)47)50-42(44)37-35-33-31-29-27-25-22-20-18-16-14-12-10-8-6-4-2/h11,13,17,19,40H,3-10,12,14-16,18,20-39H2,1-2H3,(H2,45,46,47)/b13-11+,19-17+/t40-/m1/s1. The van der Waals surface area contributed by atoms with Crippen LogP contribution in [0.15, 0.2) is 24.3 Å². The molecule has 0 aromatic heterocycles. The molecule has 0 aromatic rings. The number of unbranched alkanes of at least 4 members (excludes halogenated alkanes) is 25. The summed E-state index contributed by atoms with van der Waals surface area (Å²) in [5.41, 5.74) is 0. The van der Waals surface area contributed by atoms with E-state index >= 15 is 0 Å². The summed E-state index contributed by atoms with van der Waals surface area (Å²) in [4.78, 5) is 42.8. The molecule has 0 rings (SSSR count). The number of ether oxygens (including phenoxy) is 2. The first-order valence-corrected chi connectivity index (χ1v) is 22.7. The fraction of sp³-hybridized carbons (Fsp3) is 0.857. The molecule has 0 saturated carbocycles.